The zero-order valence-corrected chi connectivity index (χ0v) is 4.97. The van der Waals surface area contributed by atoms with Crippen LogP contribution in [0.1, 0.15) is 0 Å². The Bertz CT molecular complexity index is 160. The molecular formula is C5H6O2S. The predicted molar refractivity (Wildman–Crippen MR) is 32.4 cm³/mol. The number of allylic oxidation sites excluding steroid dienone is 2. The van der Waals surface area contributed by atoms with E-state index < -0.39 is 16.2 Å². The minimum absolute atomic E-state index is 0.792. The van der Waals surface area contributed by atoms with Gasteiger partial charge < -0.3 is 5.11 Å². The largest absolute Gasteiger partial charge is 0.376 e. The third kappa shape index (κ3) is 1.05. The van der Waals surface area contributed by atoms with Gasteiger partial charge in [-0.25, -0.2) is 0 Å². The maximum absolute atomic E-state index is 10.5. The highest BCUT2D eigenvalue weighted by molar-refractivity contribution is 7.88. The Morgan fingerprint density at radius 1 is 1.50 bits per heavy atom. The van der Waals surface area contributed by atoms with Gasteiger partial charge in [0.15, 0.2) is 5.44 Å². The topological polar surface area (TPSA) is 37.3 Å². The Morgan fingerprint density at radius 3 is 2.62 bits per heavy atom. The molecule has 2 unspecified atom stereocenters. The van der Waals surface area contributed by atoms with Crippen LogP contribution in [0, 0.1) is 0 Å². The monoisotopic (exact) mass is 130 g/mol. The van der Waals surface area contributed by atoms with Crippen LogP contribution in [0.3, 0.4) is 0 Å². The molecule has 1 N–H and O–H groups in total. The highest BCUT2D eigenvalue weighted by Crippen LogP contribution is 2.01. The molecule has 1 rings (SSSR count). The van der Waals surface area contributed by atoms with Crippen molar-refractivity contribution < 1.29 is 9.32 Å². The lowest BCUT2D eigenvalue weighted by atomic mass is 10.5. The van der Waals surface area contributed by atoms with Gasteiger partial charge in [-0.1, -0.05) is 12.2 Å². The van der Waals surface area contributed by atoms with Crippen molar-refractivity contribution in [3.63, 3.8) is 0 Å². The SMILES string of the molecule is O=S1C=CC=CC1O. The van der Waals surface area contributed by atoms with E-state index in [1.165, 1.54) is 11.5 Å². The highest BCUT2D eigenvalue weighted by atomic mass is 32.2. The molecule has 44 valence electrons. The second-order valence-electron chi connectivity index (χ2n) is 1.43. The van der Waals surface area contributed by atoms with E-state index in [0.29, 0.717) is 0 Å². The average molecular weight is 130 g/mol. The molecule has 0 amide bonds. The molecule has 0 saturated heterocycles. The third-order valence-electron chi connectivity index (χ3n) is 0.838. The van der Waals surface area contributed by atoms with Gasteiger partial charge in [0.2, 0.25) is 0 Å². The van der Waals surface area contributed by atoms with Gasteiger partial charge in [0.1, 0.15) is 0 Å². The molecule has 1 heterocycles. The third-order valence-corrected chi connectivity index (χ3v) is 1.90. The first kappa shape index (κ1) is 5.72. The smallest absolute Gasteiger partial charge is 0.151 e. The fourth-order valence-corrected chi connectivity index (χ4v) is 1.09. The maximum Gasteiger partial charge on any atom is 0.151 e. The van der Waals surface area contributed by atoms with E-state index in [0.717, 1.165) is 0 Å². The van der Waals surface area contributed by atoms with Gasteiger partial charge >= 0.3 is 0 Å². The number of hydrogen-bond donors (Lipinski definition) is 1. The van der Waals surface area contributed by atoms with Crippen LogP contribution in [0.5, 0.6) is 0 Å². The Balaban J connectivity index is 2.74. The second-order valence-corrected chi connectivity index (χ2v) is 2.84. The zero-order valence-electron chi connectivity index (χ0n) is 4.15. The van der Waals surface area contributed by atoms with Crippen molar-refractivity contribution in [3.05, 3.63) is 23.6 Å². The lowest BCUT2D eigenvalue weighted by molar-refractivity contribution is 0.303. The van der Waals surface area contributed by atoms with E-state index in [1.807, 2.05) is 0 Å². The molecule has 2 nitrogen and oxygen atoms in total. The summed E-state index contributed by atoms with van der Waals surface area (Å²) in [6, 6.07) is 0. The minimum atomic E-state index is -1.20. The van der Waals surface area contributed by atoms with Gasteiger partial charge in [0.05, 0.1) is 10.8 Å². The quantitative estimate of drug-likeness (QED) is 0.506. The fraction of sp³-hybridized carbons (Fsp3) is 0.200. The fourth-order valence-electron chi connectivity index (χ4n) is 0.440. The molecule has 3 heteroatoms. The summed E-state index contributed by atoms with van der Waals surface area (Å²) in [5.41, 5.74) is -0.792. The number of aliphatic hydroxyl groups is 1. The zero-order chi connectivity index (χ0) is 5.98. The molecular weight excluding hydrogens is 124 g/mol. The van der Waals surface area contributed by atoms with Crippen molar-refractivity contribution in [2.75, 3.05) is 0 Å². The Hall–Kier alpha value is -0.410. The van der Waals surface area contributed by atoms with E-state index >= 15 is 0 Å². The van der Waals surface area contributed by atoms with Gasteiger partial charge in [0.25, 0.3) is 0 Å². The molecule has 0 fully saturated rings. The average Bonchev–Trinajstić information content (AvgIpc) is 1.77. The first-order chi connectivity index (χ1) is 3.80. The van der Waals surface area contributed by atoms with Crippen molar-refractivity contribution in [3.8, 4) is 0 Å². The van der Waals surface area contributed by atoms with Gasteiger partial charge in [-0.2, -0.15) is 0 Å². The highest BCUT2D eigenvalue weighted by Gasteiger charge is 2.06. The molecule has 0 aromatic carbocycles. The van der Waals surface area contributed by atoms with Crippen LogP contribution in [-0.2, 0) is 10.8 Å². The lowest BCUT2D eigenvalue weighted by Gasteiger charge is -2.02. The van der Waals surface area contributed by atoms with Crippen molar-refractivity contribution >= 4 is 10.8 Å². The summed E-state index contributed by atoms with van der Waals surface area (Å²) in [6.45, 7) is 0. The number of hydrogen-bond acceptors (Lipinski definition) is 2. The molecule has 0 bridgehead atoms. The Morgan fingerprint density at radius 2 is 2.25 bits per heavy atom. The van der Waals surface area contributed by atoms with Gasteiger partial charge in [0, 0.05) is 5.41 Å². The van der Waals surface area contributed by atoms with Crippen LogP contribution in [0.2, 0.25) is 0 Å². The van der Waals surface area contributed by atoms with Gasteiger partial charge in [-0.15, -0.1) is 0 Å². The van der Waals surface area contributed by atoms with Crippen LogP contribution in [0.25, 0.3) is 0 Å². The van der Waals surface area contributed by atoms with Crippen LogP contribution < -0.4 is 0 Å². The van der Waals surface area contributed by atoms with E-state index in [-0.39, 0.29) is 0 Å². The van der Waals surface area contributed by atoms with E-state index in [9.17, 15) is 4.21 Å². The molecule has 0 aromatic rings. The molecule has 8 heavy (non-hydrogen) atoms. The summed E-state index contributed by atoms with van der Waals surface area (Å²) >= 11 is 0. The normalized spacial score (nSPS) is 35.6. The standard InChI is InChI=1S/C5H6O2S/c6-5-3-1-2-4-8(5)7/h1-6H. The molecule has 1 aliphatic rings. The molecule has 1 aliphatic heterocycles. The minimum Gasteiger partial charge on any atom is -0.376 e. The van der Waals surface area contributed by atoms with E-state index in [1.54, 1.807) is 12.2 Å². The van der Waals surface area contributed by atoms with Crippen molar-refractivity contribution in [1.82, 2.24) is 0 Å². The van der Waals surface area contributed by atoms with Crippen LogP contribution >= 0.6 is 0 Å². The summed E-state index contributed by atoms with van der Waals surface area (Å²) in [6.07, 6.45) is 4.82. The molecule has 0 spiro atoms. The number of aliphatic hydroxyl groups excluding tert-OH is 1. The van der Waals surface area contributed by atoms with Gasteiger partial charge in [-0.3, -0.25) is 4.21 Å². The number of rotatable bonds is 0. The van der Waals surface area contributed by atoms with E-state index in [4.69, 9.17) is 5.11 Å². The summed E-state index contributed by atoms with van der Waals surface area (Å²) in [5, 5.41) is 10.2. The molecule has 0 radical (unpaired) electrons. The van der Waals surface area contributed by atoms with Crippen LogP contribution in [0.15, 0.2) is 23.6 Å². The second kappa shape index (κ2) is 2.24. The summed E-state index contributed by atoms with van der Waals surface area (Å²) in [5.74, 6) is 0. The summed E-state index contributed by atoms with van der Waals surface area (Å²) in [4.78, 5) is 0. The van der Waals surface area contributed by atoms with Crippen molar-refractivity contribution in [1.29, 1.82) is 0 Å². The first-order valence-corrected chi connectivity index (χ1v) is 3.51. The Kier molecular flexibility index (Phi) is 1.60. The van der Waals surface area contributed by atoms with Crippen molar-refractivity contribution in [2.24, 2.45) is 0 Å². The molecule has 0 aromatic heterocycles. The van der Waals surface area contributed by atoms with Crippen LogP contribution in [0.4, 0.5) is 0 Å². The summed E-state index contributed by atoms with van der Waals surface area (Å²) < 4.78 is 10.5. The molecule has 2 atom stereocenters. The lowest BCUT2D eigenvalue weighted by Crippen LogP contribution is -2.09. The Labute approximate surface area is 50.0 Å². The van der Waals surface area contributed by atoms with Gasteiger partial charge in [-0.05, 0) is 6.08 Å². The van der Waals surface area contributed by atoms with Crippen LogP contribution in [-0.4, -0.2) is 14.8 Å². The van der Waals surface area contributed by atoms with E-state index in [2.05, 4.69) is 0 Å². The molecule has 0 aliphatic carbocycles. The summed E-state index contributed by atoms with van der Waals surface area (Å²) in [7, 11) is -1.20. The molecule has 0 saturated carbocycles. The first-order valence-electron chi connectivity index (χ1n) is 2.23. The maximum atomic E-state index is 10.5. The predicted octanol–water partition coefficient (Wildman–Crippen LogP) is 0.137. The van der Waals surface area contributed by atoms with Crippen molar-refractivity contribution in [2.45, 2.75) is 5.44 Å².